The lowest BCUT2D eigenvalue weighted by Gasteiger charge is -2.32. The number of carbonyl (C=O) groups is 1. The summed E-state index contributed by atoms with van der Waals surface area (Å²) in [5.41, 5.74) is 4.16. The van der Waals surface area contributed by atoms with Crippen LogP contribution >= 0.6 is 0 Å². The minimum atomic E-state index is -0.671. The van der Waals surface area contributed by atoms with Gasteiger partial charge in [-0.1, -0.05) is 36.4 Å². The minimum absolute atomic E-state index is 0.0968. The van der Waals surface area contributed by atoms with E-state index in [4.69, 9.17) is 4.42 Å². The van der Waals surface area contributed by atoms with Crippen LogP contribution in [-0.4, -0.2) is 17.4 Å². The molecule has 136 valence electrons. The third-order valence-corrected chi connectivity index (χ3v) is 4.62. The molecule has 2 heterocycles. The highest BCUT2D eigenvalue weighted by molar-refractivity contribution is 6.04. The molecule has 0 radical (unpaired) electrons. The van der Waals surface area contributed by atoms with E-state index in [1.807, 2.05) is 36.4 Å². The lowest BCUT2D eigenvalue weighted by molar-refractivity contribution is -0.402. The lowest BCUT2D eigenvalue weighted by Crippen LogP contribution is -2.31. The highest BCUT2D eigenvalue weighted by Crippen LogP contribution is 2.31. The van der Waals surface area contributed by atoms with Gasteiger partial charge in [0.25, 0.3) is 5.91 Å². The molecule has 0 unspecified atom stereocenters. The lowest BCUT2D eigenvalue weighted by atomic mass is 9.99. The SMILES string of the molecule is O=C(Nc1ccccc1N1CCc2ccccc2C1)c1ccc([N+](=O)[O-])o1. The molecule has 7 heteroatoms. The number of nitrogens with zero attached hydrogens (tertiary/aromatic N) is 2. The van der Waals surface area contributed by atoms with Crippen molar-refractivity contribution in [2.75, 3.05) is 16.8 Å². The second-order valence-electron chi connectivity index (χ2n) is 6.31. The molecule has 27 heavy (non-hydrogen) atoms. The Hall–Kier alpha value is -3.61. The van der Waals surface area contributed by atoms with Crippen LogP contribution in [0.4, 0.5) is 17.3 Å². The van der Waals surface area contributed by atoms with Crippen LogP contribution in [0, 0.1) is 10.1 Å². The van der Waals surface area contributed by atoms with Gasteiger partial charge in [-0.25, -0.2) is 0 Å². The third-order valence-electron chi connectivity index (χ3n) is 4.62. The van der Waals surface area contributed by atoms with Crippen molar-refractivity contribution in [1.82, 2.24) is 0 Å². The van der Waals surface area contributed by atoms with Crippen molar-refractivity contribution in [1.29, 1.82) is 0 Å². The number of rotatable bonds is 4. The molecule has 4 rings (SSSR count). The van der Waals surface area contributed by atoms with Crippen molar-refractivity contribution in [2.45, 2.75) is 13.0 Å². The monoisotopic (exact) mass is 363 g/mol. The molecule has 0 saturated heterocycles. The van der Waals surface area contributed by atoms with E-state index in [1.54, 1.807) is 0 Å². The standard InChI is InChI=1S/C20H17N3O4/c24-20(18-9-10-19(27-18)23(25)26)21-16-7-3-4-8-17(16)22-12-11-14-5-1-2-6-15(14)13-22/h1-10H,11-13H2,(H,21,24). The number of amides is 1. The molecule has 1 aliphatic rings. The fraction of sp³-hybridized carbons (Fsp3) is 0.150. The zero-order valence-electron chi connectivity index (χ0n) is 14.4. The van der Waals surface area contributed by atoms with Gasteiger partial charge in [0.2, 0.25) is 0 Å². The molecule has 3 aromatic rings. The molecule has 1 aliphatic heterocycles. The summed E-state index contributed by atoms with van der Waals surface area (Å²) in [4.78, 5) is 24.7. The highest BCUT2D eigenvalue weighted by atomic mass is 16.6. The van der Waals surface area contributed by atoms with Crippen molar-refractivity contribution < 1.29 is 14.1 Å². The Morgan fingerprint density at radius 2 is 1.78 bits per heavy atom. The van der Waals surface area contributed by atoms with Gasteiger partial charge in [0.1, 0.15) is 4.92 Å². The number of anilines is 2. The number of carbonyl (C=O) groups excluding carboxylic acids is 1. The molecular weight excluding hydrogens is 346 g/mol. The van der Waals surface area contributed by atoms with Gasteiger partial charge < -0.3 is 14.6 Å². The fourth-order valence-electron chi connectivity index (χ4n) is 3.29. The first-order valence-electron chi connectivity index (χ1n) is 8.58. The summed E-state index contributed by atoms with van der Waals surface area (Å²) in [7, 11) is 0. The Morgan fingerprint density at radius 1 is 1.04 bits per heavy atom. The van der Waals surface area contributed by atoms with Crippen LogP contribution in [0.15, 0.2) is 65.1 Å². The van der Waals surface area contributed by atoms with Gasteiger partial charge in [0, 0.05) is 13.1 Å². The number of hydrogen-bond acceptors (Lipinski definition) is 5. The summed E-state index contributed by atoms with van der Waals surface area (Å²) < 4.78 is 4.99. The summed E-state index contributed by atoms with van der Waals surface area (Å²) in [5.74, 6) is -1.07. The second-order valence-corrected chi connectivity index (χ2v) is 6.31. The molecule has 1 aromatic heterocycles. The first kappa shape index (κ1) is 16.8. The van der Waals surface area contributed by atoms with Crippen molar-refractivity contribution in [3.05, 3.63) is 87.7 Å². The molecule has 0 saturated carbocycles. The third kappa shape index (κ3) is 3.39. The second kappa shape index (κ2) is 6.95. The number of furan rings is 1. The maximum atomic E-state index is 12.4. The van der Waals surface area contributed by atoms with E-state index in [1.165, 1.54) is 23.3 Å². The molecule has 1 N–H and O–H groups in total. The molecule has 0 fully saturated rings. The quantitative estimate of drug-likeness (QED) is 0.559. The number of fused-ring (bicyclic) bond motifs is 1. The first-order valence-corrected chi connectivity index (χ1v) is 8.58. The van der Waals surface area contributed by atoms with E-state index < -0.39 is 16.7 Å². The van der Waals surface area contributed by atoms with Gasteiger partial charge in [-0.15, -0.1) is 0 Å². The average molecular weight is 363 g/mol. The molecule has 1 amide bonds. The van der Waals surface area contributed by atoms with Crippen molar-refractivity contribution >= 4 is 23.2 Å². The molecule has 0 spiro atoms. The van der Waals surface area contributed by atoms with Gasteiger partial charge in [-0.05, 0) is 35.7 Å². The zero-order valence-corrected chi connectivity index (χ0v) is 14.4. The van der Waals surface area contributed by atoms with Gasteiger partial charge in [-0.2, -0.15) is 0 Å². The van der Waals surface area contributed by atoms with Crippen molar-refractivity contribution in [3.8, 4) is 0 Å². The van der Waals surface area contributed by atoms with E-state index in [0.29, 0.717) is 5.69 Å². The smallest absolute Gasteiger partial charge is 0.395 e. The van der Waals surface area contributed by atoms with Crippen LogP contribution in [0.3, 0.4) is 0 Å². The predicted molar refractivity (Wildman–Crippen MR) is 101 cm³/mol. The van der Waals surface area contributed by atoms with E-state index in [-0.39, 0.29) is 5.76 Å². The highest BCUT2D eigenvalue weighted by Gasteiger charge is 2.21. The Morgan fingerprint density at radius 3 is 2.56 bits per heavy atom. The molecule has 0 aliphatic carbocycles. The van der Waals surface area contributed by atoms with E-state index in [9.17, 15) is 14.9 Å². The normalized spacial score (nSPS) is 13.1. The Bertz CT molecular complexity index is 1010. The Balaban J connectivity index is 1.56. The van der Waals surface area contributed by atoms with Crippen LogP contribution in [-0.2, 0) is 13.0 Å². The zero-order chi connectivity index (χ0) is 18.8. The van der Waals surface area contributed by atoms with Crippen LogP contribution in [0.5, 0.6) is 0 Å². The van der Waals surface area contributed by atoms with E-state index in [2.05, 4.69) is 22.3 Å². The molecular formula is C20H17N3O4. The summed E-state index contributed by atoms with van der Waals surface area (Å²) in [6.45, 7) is 1.60. The summed E-state index contributed by atoms with van der Waals surface area (Å²) in [5, 5.41) is 13.5. The summed E-state index contributed by atoms with van der Waals surface area (Å²) in [6.07, 6.45) is 0.933. The number of para-hydroxylation sites is 2. The summed E-state index contributed by atoms with van der Waals surface area (Å²) in [6, 6.07) is 18.3. The maximum Gasteiger partial charge on any atom is 0.433 e. The number of benzene rings is 2. The van der Waals surface area contributed by atoms with Crippen molar-refractivity contribution in [2.24, 2.45) is 0 Å². The maximum absolute atomic E-state index is 12.4. The van der Waals surface area contributed by atoms with E-state index >= 15 is 0 Å². The largest absolute Gasteiger partial charge is 0.433 e. The molecule has 0 bridgehead atoms. The van der Waals surface area contributed by atoms with Crippen LogP contribution in [0.2, 0.25) is 0 Å². The number of nitro groups is 1. The van der Waals surface area contributed by atoms with E-state index in [0.717, 1.165) is 25.2 Å². The van der Waals surface area contributed by atoms with Gasteiger partial charge in [-0.3, -0.25) is 14.9 Å². The van der Waals surface area contributed by atoms with Gasteiger partial charge in [0.15, 0.2) is 5.76 Å². The molecule has 7 nitrogen and oxygen atoms in total. The van der Waals surface area contributed by atoms with Gasteiger partial charge >= 0.3 is 5.88 Å². The fourth-order valence-corrected chi connectivity index (χ4v) is 3.29. The van der Waals surface area contributed by atoms with Crippen LogP contribution in [0.1, 0.15) is 21.7 Å². The number of hydrogen-bond donors (Lipinski definition) is 1. The molecule has 0 atom stereocenters. The average Bonchev–Trinajstić information content (AvgIpc) is 3.19. The summed E-state index contributed by atoms with van der Waals surface area (Å²) >= 11 is 0. The van der Waals surface area contributed by atoms with Crippen LogP contribution in [0.25, 0.3) is 0 Å². The predicted octanol–water partition coefficient (Wildman–Crippen LogP) is 4.00. The molecule has 2 aromatic carbocycles. The van der Waals surface area contributed by atoms with Crippen molar-refractivity contribution in [3.63, 3.8) is 0 Å². The topological polar surface area (TPSA) is 88.6 Å². The Labute approximate surface area is 155 Å². The first-order chi connectivity index (χ1) is 13.1. The number of nitrogens with one attached hydrogen (secondary N) is 1. The van der Waals surface area contributed by atoms with Crippen LogP contribution < -0.4 is 10.2 Å². The Kier molecular flexibility index (Phi) is 4.33. The van der Waals surface area contributed by atoms with Gasteiger partial charge in [0.05, 0.1) is 17.4 Å². The minimum Gasteiger partial charge on any atom is -0.395 e.